The predicted molar refractivity (Wildman–Crippen MR) is 71.0 cm³/mol. The van der Waals surface area contributed by atoms with Crippen molar-refractivity contribution in [2.45, 2.75) is 39.3 Å². The molecular formula is C14H17ClN2. The Hall–Kier alpha value is -0.860. The highest BCUT2D eigenvalue weighted by atomic mass is 35.5. The van der Waals surface area contributed by atoms with Crippen LogP contribution in [0.4, 0.5) is 0 Å². The molecule has 1 aromatic rings. The predicted octanol–water partition coefficient (Wildman–Crippen LogP) is 3.58. The molecule has 1 N–H and O–H groups in total. The highest BCUT2D eigenvalue weighted by Gasteiger charge is 2.42. The van der Waals surface area contributed by atoms with E-state index in [4.69, 9.17) is 11.6 Å². The number of pyridine rings is 1. The highest BCUT2D eigenvalue weighted by Crippen LogP contribution is 2.43. The van der Waals surface area contributed by atoms with E-state index >= 15 is 0 Å². The first kappa shape index (κ1) is 11.2. The SMILES string of the molecule is CC(C)(C)C1=Cc2nc(Cl)ccc2C2NC2C1. The quantitative estimate of drug-likeness (QED) is 0.563. The van der Waals surface area contributed by atoms with Crippen LogP contribution in [0.15, 0.2) is 17.7 Å². The summed E-state index contributed by atoms with van der Waals surface area (Å²) in [6.45, 7) is 6.77. The van der Waals surface area contributed by atoms with Crippen LogP contribution >= 0.6 is 11.6 Å². The van der Waals surface area contributed by atoms with E-state index in [9.17, 15) is 0 Å². The van der Waals surface area contributed by atoms with Crippen molar-refractivity contribution in [2.75, 3.05) is 0 Å². The van der Waals surface area contributed by atoms with Gasteiger partial charge in [0.05, 0.1) is 11.7 Å². The molecule has 2 unspecified atom stereocenters. The first-order valence-corrected chi connectivity index (χ1v) is 6.46. The van der Waals surface area contributed by atoms with Gasteiger partial charge in [-0.2, -0.15) is 0 Å². The lowest BCUT2D eigenvalue weighted by molar-refractivity contribution is 0.485. The molecule has 0 spiro atoms. The van der Waals surface area contributed by atoms with Gasteiger partial charge in [0.2, 0.25) is 0 Å². The Balaban J connectivity index is 2.11. The maximum absolute atomic E-state index is 5.99. The van der Waals surface area contributed by atoms with Gasteiger partial charge in [0.25, 0.3) is 0 Å². The lowest BCUT2D eigenvalue weighted by Crippen LogP contribution is -2.11. The summed E-state index contributed by atoms with van der Waals surface area (Å²) in [6, 6.07) is 5.05. The van der Waals surface area contributed by atoms with E-state index < -0.39 is 0 Å². The van der Waals surface area contributed by atoms with Crippen molar-refractivity contribution >= 4 is 17.7 Å². The summed E-state index contributed by atoms with van der Waals surface area (Å²) in [6.07, 6.45) is 3.34. The Morgan fingerprint density at radius 2 is 2.12 bits per heavy atom. The second-order valence-corrected chi connectivity index (χ2v) is 6.37. The molecule has 3 heteroatoms. The Bertz CT molecular complexity index is 499. The van der Waals surface area contributed by atoms with Crippen LogP contribution in [0, 0.1) is 5.41 Å². The zero-order valence-electron chi connectivity index (χ0n) is 10.4. The minimum Gasteiger partial charge on any atom is -0.304 e. The third-order valence-electron chi connectivity index (χ3n) is 3.66. The van der Waals surface area contributed by atoms with Crippen LogP contribution < -0.4 is 5.32 Å². The number of nitrogens with one attached hydrogen (secondary N) is 1. The minimum absolute atomic E-state index is 0.195. The van der Waals surface area contributed by atoms with Crippen molar-refractivity contribution in [3.8, 4) is 0 Å². The van der Waals surface area contributed by atoms with Crippen LogP contribution in [-0.4, -0.2) is 11.0 Å². The van der Waals surface area contributed by atoms with E-state index in [0.717, 1.165) is 12.1 Å². The molecule has 0 radical (unpaired) electrons. The van der Waals surface area contributed by atoms with E-state index in [0.29, 0.717) is 17.2 Å². The second-order valence-electron chi connectivity index (χ2n) is 5.98. The van der Waals surface area contributed by atoms with Crippen molar-refractivity contribution in [1.29, 1.82) is 0 Å². The van der Waals surface area contributed by atoms with Crippen LogP contribution in [0.5, 0.6) is 0 Å². The number of hydrogen-bond acceptors (Lipinski definition) is 2. The molecule has 17 heavy (non-hydrogen) atoms. The summed E-state index contributed by atoms with van der Waals surface area (Å²) < 4.78 is 0. The van der Waals surface area contributed by atoms with Gasteiger partial charge < -0.3 is 5.32 Å². The lowest BCUT2D eigenvalue weighted by atomic mass is 9.83. The molecule has 0 amide bonds. The average Bonchev–Trinajstić information content (AvgIpc) is 2.93. The van der Waals surface area contributed by atoms with Gasteiger partial charge in [-0.1, -0.05) is 44.0 Å². The fraction of sp³-hybridized carbons (Fsp3) is 0.500. The zero-order chi connectivity index (χ0) is 12.2. The van der Waals surface area contributed by atoms with E-state index in [-0.39, 0.29) is 5.41 Å². The molecule has 2 atom stereocenters. The van der Waals surface area contributed by atoms with E-state index in [1.165, 1.54) is 11.1 Å². The van der Waals surface area contributed by atoms with Crippen molar-refractivity contribution in [1.82, 2.24) is 10.3 Å². The fourth-order valence-corrected chi connectivity index (χ4v) is 2.64. The number of halogens is 1. The molecule has 1 saturated heterocycles. The molecule has 90 valence electrons. The van der Waals surface area contributed by atoms with Gasteiger partial charge in [0, 0.05) is 6.04 Å². The second kappa shape index (κ2) is 3.56. The summed E-state index contributed by atoms with van der Waals surface area (Å²) in [5, 5.41) is 4.10. The third-order valence-corrected chi connectivity index (χ3v) is 3.87. The molecule has 2 heterocycles. The molecule has 2 nitrogen and oxygen atoms in total. The van der Waals surface area contributed by atoms with E-state index in [1.54, 1.807) is 0 Å². The average molecular weight is 249 g/mol. The first-order valence-electron chi connectivity index (χ1n) is 6.09. The monoisotopic (exact) mass is 248 g/mol. The van der Waals surface area contributed by atoms with Gasteiger partial charge in [-0.25, -0.2) is 4.98 Å². The molecule has 1 aromatic heterocycles. The van der Waals surface area contributed by atoms with Crippen LogP contribution in [-0.2, 0) is 0 Å². The maximum Gasteiger partial charge on any atom is 0.129 e. The number of fused-ring (bicyclic) bond motifs is 3. The molecule has 1 aliphatic heterocycles. The number of hydrogen-bond donors (Lipinski definition) is 1. The summed E-state index contributed by atoms with van der Waals surface area (Å²) >= 11 is 5.99. The summed E-state index contributed by atoms with van der Waals surface area (Å²) in [4.78, 5) is 4.46. The van der Waals surface area contributed by atoms with Crippen molar-refractivity contribution in [3.05, 3.63) is 34.1 Å². The molecule has 0 bridgehead atoms. The van der Waals surface area contributed by atoms with E-state index in [2.05, 4.69) is 43.2 Å². The van der Waals surface area contributed by atoms with Crippen molar-refractivity contribution < 1.29 is 0 Å². The summed E-state index contributed by atoms with van der Waals surface area (Å²) in [7, 11) is 0. The van der Waals surface area contributed by atoms with E-state index in [1.807, 2.05) is 6.07 Å². The van der Waals surface area contributed by atoms with Crippen molar-refractivity contribution in [2.24, 2.45) is 5.41 Å². The topological polar surface area (TPSA) is 34.8 Å². The van der Waals surface area contributed by atoms with Gasteiger partial charge in [-0.05, 0) is 29.5 Å². The molecule has 1 aliphatic carbocycles. The molecule has 3 rings (SSSR count). The summed E-state index contributed by atoms with van der Waals surface area (Å²) in [5.41, 5.74) is 3.98. The smallest absolute Gasteiger partial charge is 0.129 e. The van der Waals surface area contributed by atoms with Crippen molar-refractivity contribution in [3.63, 3.8) is 0 Å². The minimum atomic E-state index is 0.195. The lowest BCUT2D eigenvalue weighted by Gasteiger charge is -2.22. The number of aromatic nitrogens is 1. The molecule has 0 aromatic carbocycles. The van der Waals surface area contributed by atoms with Gasteiger partial charge in [0.15, 0.2) is 0 Å². The third kappa shape index (κ3) is 2.00. The number of nitrogens with zero attached hydrogens (tertiary/aromatic N) is 1. The first-order chi connectivity index (χ1) is 7.95. The normalized spacial score (nSPS) is 26.7. The maximum atomic E-state index is 5.99. The Morgan fingerprint density at radius 1 is 1.35 bits per heavy atom. The Morgan fingerprint density at radius 3 is 2.82 bits per heavy atom. The van der Waals surface area contributed by atoms with Gasteiger partial charge >= 0.3 is 0 Å². The van der Waals surface area contributed by atoms with Gasteiger partial charge in [-0.3, -0.25) is 0 Å². The largest absolute Gasteiger partial charge is 0.304 e. The number of rotatable bonds is 0. The molecule has 2 aliphatic rings. The highest BCUT2D eigenvalue weighted by molar-refractivity contribution is 6.29. The van der Waals surface area contributed by atoms with Gasteiger partial charge in [-0.15, -0.1) is 0 Å². The van der Waals surface area contributed by atoms with Gasteiger partial charge in [0.1, 0.15) is 5.15 Å². The van der Waals surface area contributed by atoms with Crippen LogP contribution in [0.25, 0.3) is 6.08 Å². The van der Waals surface area contributed by atoms with Crippen LogP contribution in [0.2, 0.25) is 5.15 Å². The molecule has 1 fully saturated rings. The Labute approximate surface area is 107 Å². The van der Waals surface area contributed by atoms with Crippen LogP contribution in [0.3, 0.4) is 0 Å². The zero-order valence-corrected chi connectivity index (χ0v) is 11.2. The molecule has 0 saturated carbocycles. The standard InChI is InChI=1S/C14H17ClN2/c1-14(2,3)8-6-10-9(4-5-12(15)16-10)13-11(7-8)17-13/h4-6,11,13,17H,7H2,1-3H3. The molecular weight excluding hydrogens is 232 g/mol. The fourth-order valence-electron chi connectivity index (χ4n) is 2.48. The van der Waals surface area contributed by atoms with Crippen LogP contribution in [0.1, 0.15) is 44.5 Å². The Kier molecular flexibility index (Phi) is 2.36. The summed E-state index contributed by atoms with van der Waals surface area (Å²) in [5.74, 6) is 0.